The van der Waals surface area contributed by atoms with Crippen molar-refractivity contribution in [1.29, 1.82) is 0 Å². The van der Waals surface area contributed by atoms with Crippen LogP contribution in [0.2, 0.25) is 0 Å². The van der Waals surface area contributed by atoms with Crippen LogP contribution in [0.4, 0.5) is 0 Å². The highest BCUT2D eigenvalue weighted by Crippen LogP contribution is 2.26. The lowest BCUT2D eigenvalue weighted by Crippen LogP contribution is -2.66. The Kier molecular flexibility index (Phi) is 4.78. The zero-order chi connectivity index (χ0) is 13.9. The van der Waals surface area contributed by atoms with Crippen molar-refractivity contribution in [3.8, 4) is 0 Å². The molecule has 0 aromatic rings. The van der Waals surface area contributed by atoms with E-state index in [0.29, 0.717) is 39.5 Å². The van der Waals surface area contributed by atoms with E-state index in [1.54, 1.807) is 0 Å². The summed E-state index contributed by atoms with van der Waals surface area (Å²) in [5.41, 5.74) is -0.874. The van der Waals surface area contributed by atoms with Crippen molar-refractivity contribution in [3.63, 3.8) is 0 Å². The third kappa shape index (κ3) is 2.91. The molecule has 0 bridgehead atoms. The molecule has 2 aliphatic rings. The molecule has 0 amide bonds. The zero-order valence-corrected chi connectivity index (χ0v) is 11.8. The maximum atomic E-state index is 11.9. The second kappa shape index (κ2) is 6.17. The minimum atomic E-state index is -0.874. The van der Waals surface area contributed by atoms with Gasteiger partial charge in [-0.3, -0.25) is 14.6 Å². The van der Waals surface area contributed by atoms with E-state index in [1.165, 1.54) is 0 Å². The van der Waals surface area contributed by atoms with E-state index < -0.39 is 11.5 Å². The molecular formula is C13H24N2O4. The number of carboxylic acid groups (broad SMARTS) is 1. The third-order valence-electron chi connectivity index (χ3n) is 4.51. The zero-order valence-electron chi connectivity index (χ0n) is 11.8. The van der Waals surface area contributed by atoms with E-state index in [9.17, 15) is 9.90 Å². The standard InChI is InChI=1S/C13H24N2O4/c1-11(14-3-7-18-8-4-14)13(2,12(16)17)15-5-9-19-10-6-15/h11H,3-10H2,1-2H3,(H,16,17). The Labute approximate surface area is 114 Å². The second-order valence-electron chi connectivity index (χ2n) is 5.38. The minimum Gasteiger partial charge on any atom is -0.480 e. The van der Waals surface area contributed by atoms with Crippen molar-refractivity contribution in [2.24, 2.45) is 0 Å². The Hall–Kier alpha value is -0.690. The first-order chi connectivity index (χ1) is 9.06. The van der Waals surface area contributed by atoms with E-state index in [2.05, 4.69) is 4.90 Å². The number of carboxylic acids is 1. The lowest BCUT2D eigenvalue weighted by Gasteiger charge is -2.48. The van der Waals surface area contributed by atoms with Crippen LogP contribution in [0.5, 0.6) is 0 Å². The second-order valence-corrected chi connectivity index (χ2v) is 5.38. The Morgan fingerprint density at radius 2 is 1.58 bits per heavy atom. The highest BCUT2D eigenvalue weighted by Gasteiger charge is 2.47. The monoisotopic (exact) mass is 272 g/mol. The van der Waals surface area contributed by atoms with Gasteiger partial charge in [0.1, 0.15) is 5.54 Å². The number of ether oxygens (including phenoxy) is 2. The molecule has 1 N–H and O–H groups in total. The van der Waals surface area contributed by atoms with E-state index >= 15 is 0 Å². The summed E-state index contributed by atoms with van der Waals surface area (Å²) in [4.78, 5) is 16.1. The first-order valence-corrected chi connectivity index (χ1v) is 6.95. The molecule has 19 heavy (non-hydrogen) atoms. The van der Waals surface area contributed by atoms with Gasteiger partial charge in [0.2, 0.25) is 0 Å². The predicted molar refractivity (Wildman–Crippen MR) is 70.3 cm³/mol. The lowest BCUT2D eigenvalue weighted by atomic mass is 9.89. The van der Waals surface area contributed by atoms with Gasteiger partial charge in [-0.15, -0.1) is 0 Å². The summed E-state index contributed by atoms with van der Waals surface area (Å²) < 4.78 is 10.7. The smallest absolute Gasteiger partial charge is 0.325 e. The van der Waals surface area contributed by atoms with Crippen molar-refractivity contribution in [3.05, 3.63) is 0 Å². The minimum absolute atomic E-state index is 0.0491. The maximum absolute atomic E-state index is 11.9. The Morgan fingerprint density at radius 1 is 1.11 bits per heavy atom. The topological polar surface area (TPSA) is 62.2 Å². The molecule has 2 heterocycles. The molecule has 2 unspecified atom stereocenters. The van der Waals surface area contributed by atoms with Crippen LogP contribution in [-0.4, -0.2) is 85.1 Å². The van der Waals surface area contributed by atoms with Crippen LogP contribution in [0.15, 0.2) is 0 Å². The van der Waals surface area contributed by atoms with Crippen LogP contribution in [0.1, 0.15) is 13.8 Å². The van der Waals surface area contributed by atoms with Crippen LogP contribution in [0.25, 0.3) is 0 Å². The van der Waals surface area contributed by atoms with Gasteiger partial charge in [-0.1, -0.05) is 0 Å². The van der Waals surface area contributed by atoms with E-state index in [0.717, 1.165) is 13.1 Å². The van der Waals surface area contributed by atoms with Crippen LogP contribution >= 0.6 is 0 Å². The number of rotatable bonds is 4. The number of aliphatic carboxylic acids is 1. The predicted octanol–water partition coefficient (Wildman–Crippen LogP) is -0.117. The molecule has 0 spiro atoms. The molecule has 0 aromatic heterocycles. The average molecular weight is 272 g/mol. The molecule has 2 rings (SSSR count). The summed E-state index contributed by atoms with van der Waals surface area (Å²) in [5.74, 6) is -0.756. The maximum Gasteiger partial charge on any atom is 0.325 e. The van der Waals surface area contributed by atoms with Crippen molar-refractivity contribution in [1.82, 2.24) is 9.80 Å². The summed E-state index contributed by atoms with van der Waals surface area (Å²) >= 11 is 0. The molecule has 0 saturated carbocycles. The molecule has 110 valence electrons. The highest BCUT2D eigenvalue weighted by atomic mass is 16.5. The van der Waals surface area contributed by atoms with Gasteiger partial charge >= 0.3 is 5.97 Å². The number of hydrogen-bond acceptors (Lipinski definition) is 5. The van der Waals surface area contributed by atoms with Gasteiger partial charge in [-0.25, -0.2) is 0 Å². The normalized spacial score (nSPS) is 27.7. The number of nitrogens with zero attached hydrogens (tertiary/aromatic N) is 2. The molecule has 2 fully saturated rings. The number of carbonyl (C=O) groups is 1. The fourth-order valence-electron chi connectivity index (χ4n) is 2.93. The molecule has 0 aliphatic carbocycles. The van der Waals surface area contributed by atoms with Crippen LogP contribution in [0.3, 0.4) is 0 Å². The molecule has 6 nitrogen and oxygen atoms in total. The first kappa shape index (κ1) is 14.7. The molecule has 0 aromatic carbocycles. The van der Waals surface area contributed by atoms with Gasteiger partial charge in [0, 0.05) is 32.2 Å². The fourth-order valence-corrected chi connectivity index (χ4v) is 2.93. The SMILES string of the molecule is CC(N1CCOCC1)C(C)(C(=O)O)N1CCOCC1. The Balaban J connectivity index is 2.14. The molecule has 2 atom stereocenters. The Bertz CT molecular complexity index is 314. The summed E-state index contributed by atoms with van der Waals surface area (Å²) in [6, 6.07) is -0.0491. The fraction of sp³-hybridized carbons (Fsp3) is 0.923. The lowest BCUT2D eigenvalue weighted by molar-refractivity contribution is -0.161. The first-order valence-electron chi connectivity index (χ1n) is 6.95. The van der Waals surface area contributed by atoms with E-state index in [-0.39, 0.29) is 6.04 Å². The van der Waals surface area contributed by atoms with Crippen LogP contribution in [-0.2, 0) is 14.3 Å². The van der Waals surface area contributed by atoms with Crippen LogP contribution in [0, 0.1) is 0 Å². The van der Waals surface area contributed by atoms with Crippen molar-refractivity contribution < 1.29 is 19.4 Å². The molecule has 0 radical (unpaired) electrons. The van der Waals surface area contributed by atoms with E-state index in [1.807, 2.05) is 18.7 Å². The summed E-state index contributed by atoms with van der Waals surface area (Å²) in [5, 5.41) is 9.75. The number of morpholine rings is 2. The van der Waals surface area contributed by atoms with Crippen molar-refractivity contribution in [2.45, 2.75) is 25.4 Å². The molecule has 6 heteroatoms. The van der Waals surface area contributed by atoms with Crippen molar-refractivity contribution in [2.75, 3.05) is 52.6 Å². The molecular weight excluding hydrogens is 248 g/mol. The summed E-state index contributed by atoms with van der Waals surface area (Å²) in [6.45, 7) is 9.39. The summed E-state index contributed by atoms with van der Waals surface area (Å²) in [6.07, 6.45) is 0. The largest absolute Gasteiger partial charge is 0.480 e. The van der Waals surface area contributed by atoms with E-state index in [4.69, 9.17) is 9.47 Å². The Morgan fingerprint density at radius 3 is 2.05 bits per heavy atom. The van der Waals surface area contributed by atoms with Gasteiger partial charge in [0.05, 0.1) is 26.4 Å². The third-order valence-corrected chi connectivity index (χ3v) is 4.51. The summed E-state index contributed by atoms with van der Waals surface area (Å²) in [7, 11) is 0. The highest BCUT2D eigenvalue weighted by molar-refractivity contribution is 5.79. The van der Waals surface area contributed by atoms with Gasteiger partial charge < -0.3 is 14.6 Å². The molecule has 2 saturated heterocycles. The average Bonchev–Trinajstić information content (AvgIpc) is 2.47. The van der Waals surface area contributed by atoms with Gasteiger partial charge in [-0.05, 0) is 13.8 Å². The van der Waals surface area contributed by atoms with Crippen LogP contribution < -0.4 is 0 Å². The van der Waals surface area contributed by atoms with Crippen molar-refractivity contribution >= 4 is 5.97 Å². The molecule has 2 aliphatic heterocycles. The number of hydrogen-bond donors (Lipinski definition) is 1. The van der Waals surface area contributed by atoms with Gasteiger partial charge in [0.25, 0.3) is 0 Å². The quantitative estimate of drug-likeness (QED) is 0.770. The van der Waals surface area contributed by atoms with Gasteiger partial charge in [-0.2, -0.15) is 0 Å². The van der Waals surface area contributed by atoms with Gasteiger partial charge in [0.15, 0.2) is 0 Å².